The van der Waals surface area contributed by atoms with Crippen molar-refractivity contribution in [2.45, 2.75) is 44.8 Å². The number of esters is 2. The Morgan fingerprint density at radius 2 is 1.52 bits per heavy atom. The zero-order valence-corrected chi connectivity index (χ0v) is 27.9. The Labute approximate surface area is 285 Å². The molecule has 1 aromatic heterocycles. The van der Waals surface area contributed by atoms with E-state index in [1.807, 2.05) is 0 Å². The van der Waals surface area contributed by atoms with Gasteiger partial charge in [0.25, 0.3) is 0 Å². The number of pyridine rings is 1. The second-order valence-electron chi connectivity index (χ2n) is 11.4. The molecule has 3 aromatic rings. The van der Waals surface area contributed by atoms with Crippen LogP contribution in [0, 0.1) is 11.8 Å². The highest BCUT2D eigenvalue weighted by atomic mass is 35.5. The number of nitrogens with one attached hydrogen (secondary N) is 1. The molecule has 2 aliphatic carbocycles. The van der Waals surface area contributed by atoms with E-state index in [9.17, 15) is 26.8 Å². The van der Waals surface area contributed by atoms with Gasteiger partial charge < -0.3 is 27.9 Å². The molecule has 0 unspecified atom stereocenters. The van der Waals surface area contributed by atoms with Gasteiger partial charge in [-0.15, -0.1) is 0 Å². The standard InChI is InChI=1S/C32H31Cl2F2NO10S/c1-48(40,41)47-29-11-21(7-8-25(29)42-15-18-2-3-18)31(39)44-17-30(38)45-27(12-22-23(33)13-37-14-24(22)34)20-6-9-26(46-32(35)36)28(10-20)43-16-19-4-5-19/h6-11,13-14,18-19,27,32H,2-5,12,15-17H2,1H3/p+1/t27-/m0/s1. The highest BCUT2D eigenvalue weighted by Crippen LogP contribution is 2.38. The quantitative estimate of drug-likeness (QED) is 0.120. The van der Waals surface area contributed by atoms with E-state index >= 15 is 0 Å². The van der Waals surface area contributed by atoms with E-state index < -0.39 is 41.4 Å². The highest BCUT2D eigenvalue weighted by Gasteiger charge is 2.27. The van der Waals surface area contributed by atoms with Gasteiger partial charge in [-0.25, -0.2) is 14.6 Å². The molecule has 2 aromatic carbocycles. The third-order valence-corrected chi connectivity index (χ3v) is 8.46. The zero-order chi connectivity index (χ0) is 34.4. The molecule has 0 saturated heterocycles. The number of hydrogen-bond acceptors (Lipinski definition) is 10. The normalized spacial score (nSPS) is 15.0. The average Bonchev–Trinajstić information content (AvgIpc) is 3.95. The van der Waals surface area contributed by atoms with E-state index in [1.54, 1.807) is 0 Å². The minimum atomic E-state index is -3.96. The number of aromatic amines is 1. The summed E-state index contributed by atoms with van der Waals surface area (Å²) in [6.45, 7) is -3.27. The molecule has 1 N–H and O–H groups in total. The summed E-state index contributed by atoms with van der Waals surface area (Å²) in [5.41, 5.74) is 0.650. The Hall–Kier alpha value is -3.88. The molecular weight excluding hydrogens is 699 g/mol. The first-order chi connectivity index (χ1) is 22.8. The maximum atomic E-state index is 13.1. The van der Waals surface area contributed by atoms with E-state index in [0.717, 1.165) is 38.0 Å². The summed E-state index contributed by atoms with van der Waals surface area (Å²) in [5, 5.41) is 0.490. The maximum Gasteiger partial charge on any atom is 0.387 e. The van der Waals surface area contributed by atoms with Crippen molar-refractivity contribution in [2.24, 2.45) is 11.8 Å². The summed E-state index contributed by atoms with van der Waals surface area (Å²) in [7, 11) is -3.96. The molecule has 0 bridgehead atoms. The van der Waals surface area contributed by atoms with Crippen LogP contribution in [0.15, 0.2) is 48.8 Å². The van der Waals surface area contributed by atoms with Crippen LogP contribution in [0.5, 0.6) is 23.0 Å². The number of halogens is 4. The van der Waals surface area contributed by atoms with Crippen LogP contribution >= 0.6 is 23.2 Å². The third kappa shape index (κ3) is 10.6. The second-order valence-corrected chi connectivity index (χ2v) is 13.8. The van der Waals surface area contributed by atoms with Crippen molar-refractivity contribution in [3.8, 4) is 23.0 Å². The molecule has 48 heavy (non-hydrogen) atoms. The number of carbonyl (C=O) groups excluding carboxylic acids is 2. The Bertz CT molecular complexity index is 1730. The van der Waals surface area contributed by atoms with Gasteiger partial charge in [0.1, 0.15) is 16.1 Å². The second kappa shape index (κ2) is 15.6. The number of H-pyrrole nitrogens is 1. The summed E-state index contributed by atoms with van der Waals surface area (Å²) in [5.74, 6) is -1.50. The number of ether oxygens (including phenoxy) is 5. The van der Waals surface area contributed by atoms with E-state index in [-0.39, 0.29) is 45.0 Å². The first-order valence-electron chi connectivity index (χ1n) is 14.9. The van der Waals surface area contributed by atoms with Gasteiger partial charge in [-0.2, -0.15) is 17.2 Å². The topological polar surface area (TPSA) is 138 Å². The molecule has 0 amide bonds. The van der Waals surface area contributed by atoms with Gasteiger partial charge in [0, 0.05) is 18.1 Å². The summed E-state index contributed by atoms with van der Waals surface area (Å²) < 4.78 is 81.8. The number of benzene rings is 2. The molecule has 1 atom stereocenters. The minimum Gasteiger partial charge on any atom is -0.489 e. The molecule has 0 aliphatic heterocycles. The molecule has 258 valence electrons. The van der Waals surface area contributed by atoms with E-state index in [0.29, 0.717) is 36.2 Å². The third-order valence-electron chi connectivity index (χ3n) is 7.30. The number of carbonyl (C=O) groups is 2. The van der Waals surface area contributed by atoms with E-state index in [4.69, 9.17) is 46.3 Å². The van der Waals surface area contributed by atoms with E-state index in [1.165, 1.54) is 42.7 Å². The molecule has 0 spiro atoms. The predicted molar refractivity (Wildman–Crippen MR) is 167 cm³/mol. The Morgan fingerprint density at radius 1 is 0.896 bits per heavy atom. The predicted octanol–water partition coefficient (Wildman–Crippen LogP) is 6.01. The SMILES string of the molecule is CS(=O)(=O)Oc1cc(C(=O)OCC(=O)O[C@@H](Cc2c(Cl)c[nH+]cc2Cl)c2ccc(OC(F)F)c(OCC3CC3)c2)ccc1OCC1CC1. The van der Waals surface area contributed by atoms with Crippen LogP contribution in [0.25, 0.3) is 0 Å². The summed E-state index contributed by atoms with van der Waals surface area (Å²) in [6, 6.07) is 8.00. The van der Waals surface area contributed by atoms with Gasteiger partial charge in [-0.3, -0.25) is 0 Å². The van der Waals surface area contributed by atoms with Crippen molar-refractivity contribution >= 4 is 45.3 Å². The van der Waals surface area contributed by atoms with Gasteiger partial charge in [-0.1, -0.05) is 29.3 Å². The molecule has 11 nitrogen and oxygen atoms in total. The van der Waals surface area contributed by atoms with Crippen molar-refractivity contribution < 1.29 is 59.6 Å². The molecule has 0 radical (unpaired) electrons. The summed E-state index contributed by atoms with van der Waals surface area (Å²) in [4.78, 5) is 28.7. The van der Waals surface area contributed by atoms with Crippen LogP contribution in [0.4, 0.5) is 8.78 Å². The lowest BCUT2D eigenvalue weighted by molar-refractivity contribution is -0.377. The molecular formula is C32H32Cl2F2NO10S+. The van der Waals surface area contributed by atoms with Crippen LogP contribution < -0.4 is 23.4 Å². The molecule has 2 aliphatic rings. The van der Waals surface area contributed by atoms with Crippen LogP contribution in [0.1, 0.15) is 53.3 Å². The molecule has 2 saturated carbocycles. The van der Waals surface area contributed by atoms with Crippen molar-refractivity contribution in [3.05, 3.63) is 75.5 Å². The Morgan fingerprint density at radius 3 is 2.12 bits per heavy atom. The molecule has 16 heteroatoms. The minimum absolute atomic E-state index is 0.0300. The Balaban J connectivity index is 1.32. The molecule has 5 rings (SSSR count). The number of aromatic nitrogens is 1. The smallest absolute Gasteiger partial charge is 0.387 e. The van der Waals surface area contributed by atoms with E-state index in [2.05, 4.69) is 9.72 Å². The van der Waals surface area contributed by atoms with Gasteiger partial charge >= 0.3 is 28.7 Å². The monoisotopic (exact) mass is 730 g/mol. The first kappa shape index (κ1) is 35.4. The highest BCUT2D eigenvalue weighted by molar-refractivity contribution is 7.86. The van der Waals surface area contributed by atoms with Crippen LogP contribution in [0.3, 0.4) is 0 Å². The van der Waals surface area contributed by atoms with Crippen LogP contribution in [-0.4, -0.2) is 53.0 Å². The van der Waals surface area contributed by atoms with Gasteiger partial charge in [0.2, 0.25) is 0 Å². The largest absolute Gasteiger partial charge is 0.489 e. The lowest BCUT2D eigenvalue weighted by Crippen LogP contribution is -2.21. The number of alkyl halides is 2. The fourth-order valence-corrected chi connectivity index (χ4v) is 5.47. The van der Waals surface area contributed by atoms with Gasteiger partial charge in [0.05, 0.1) is 25.0 Å². The lowest BCUT2D eigenvalue weighted by Gasteiger charge is -2.21. The zero-order valence-electron chi connectivity index (χ0n) is 25.6. The summed E-state index contributed by atoms with van der Waals surface area (Å²) >= 11 is 12.7. The average molecular weight is 732 g/mol. The maximum absolute atomic E-state index is 13.1. The summed E-state index contributed by atoms with van der Waals surface area (Å²) in [6.07, 6.45) is 6.60. The lowest BCUT2D eigenvalue weighted by atomic mass is 10.0. The Kier molecular flexibility index (Phi) is 11.5. The van der Waals surface area contributed by atoms with Crippen molar-refractivity contribution in [1.82, 2.24) is 0 Å². The molecule has 1 heterocycles. The van der Waals surface area contributed by atoms with Gasteiger partial charge in [-0.05, 0) is 67.3 Å². The fraction of sp³-hybridized carbons (Fsp3) is 0.406. The van der Waals surface area contributed by atoms with Gasteiger partial charge in [0.15, 0.2) is 42.0 Å². The van der Waals surface area contributed by atoms with Crippen molar-refractivity contribution in [3.63, 3.8) is 0 Å². The fourth-order valence-electron chi connectivity index (χ4n) is 4.48. The van der Waals surface area contributed by atoms with Crippen molar-refractivity contribution in [2.75, 3.05) is 26.1 Å². The van der Waals surface area contributed by atoms with Crippen LogP contribution in [-0.2, 0) is 30.8 Å². The molecule has 2 fully saturated rings. The van der Waals surface area contributed by atoms with Crippen LogP contribution in [0.2, 0.25) is 10.0 Å². The first-order valence-corrected chi connectivity index (χ1v) is 17.5. The van der Waals surface area contributed by atoms with Crippen molar-refractivity contribution in [1.29, 1.82) is 0 Å². The number of rotatable bonds is 17. The number of hydrogen-bond donors (Lipinski definition) is 0.